The molecule has 1 heterocycles. The summed E-state index contributed by atoms with van der Waals surface area (Å²) >= 11 is 0. The van der Waals surface area contributed by atoms with Crippen LogP contribution >= 0.6 is 0 Å². The zero-order chi connectivity index (χ0) is 13.1. The lowest BCUT2D eigenvalue weighted by atomic mass is 10.2. The van der Waals surface area contributed by atoms with Crippen molar-refractivity contribution in [3.63, 3.8) is 0 Å². The van der Waals surface area contributed by atoms with Crippen LogP contribution in [0.2, 0.25) is 0 Å². The molecule has 0 radical (unpaired) electrons. The van der Waals surface area contributed by atoms with Gasteiger partial charge in [0.1, 0.15) is 11.6 Å². The van der Waals surface area contributed by atoms with Crippen LogP contribution in [0, 0.1) is 5.82 Å². The first-order valence-corrected chi connectivity index (χ1v) is 6.02. The Bertz CT molecular complexity index is 712. The highest BCUT2D eigenvalue weighted by Crippen LogP contribution is 2.13. The van der Waals surface area contributed by atoms with Gasteiger partial charge in [-0.15, -0.1) is 0 Å². The predicted molar refractivity (Wildman–Crippen MR) is 73.3 cm³/mol. The molecule has 19 heavy (non-hydrogen) atoms. The van der Waals surface area contributed by atoms with Crippen LogP contribution in [-0.4, -0.2) is 9.97 Å². The van der Waals surface area contributed by atoms with Gasteiger partial charge >= 0.3 is 0 Å². The molecular formula is C15H12FN3. The zero-order valence-corrected chi connectivity index (χ0v) is 10.2. The summed E-state index contributed by atoms with van der Waals surface area (Å²) < 4.78 is 13.5. The molecule has 0 aliphatic carbocycles. The van der Waals surface area contributed by atoms with Gasteiger partial charge in [-0.2, -0.15) is 0 Å². The second-order valence-electron chi connectivity index (χ2n) is 4.19. The van der Waals surface area contributed by atoms with Crippen LogP contribution in [-0.2, 0) is 6.54 Å². The van der Waals surface area contributed by atoms with Crippen molar-refractivity contribution < 1.29 is 4.39 Å². The van der Waals surface area contributed by atoms with Gasteiger partial charge in [0.25, 0.3) is 0 Å². The zero-order valence-electron chi connectivity index (χ0n) is 10.2. The van der Waals surface area contributed by atoms with Crippen molar-refractivity contribution in [2.75, 3.05) is 5.32 Å². The molecule has 0 bridgehead atoms. The van der Waals surface area contributed by atoms with Crippen LogP contribution in [0.3, 0.4) is 0 Å². The van der Waals surface area contributed by atoms with Gasteiger partial charge in [0, 0.05) is 12.1 Å². The highest BCUT2D eigenvalue weighted by atomic mass is 19.1. The van der Waals surface area contributed by atoms with Crippen LogP contribution in [0.25, 0.3) is 11.0 Å². The SMILES string of the molecule is Fc1ccccc1CNc1cnc2ccccc2n1. The van der Waals surface area contributed by atoms with E-state index in [1.54, 1.807) is 18.3 Å². The first-order valence-electron chi connectivity index (χ1n) is 6.02. The highest BCUT2D eigenvalue weighted by molar-refractivity contribution is 5.75. The van der Waals surface area contributed by atoms with Gasteiger partial charge in [0.2, 0.25) is 0 Å². The molecule has 1 N–H and O–H groups in total. The summed E-state index contributed by atoms with van der Waals surface area (Å²) in [6, 6.07) is 14.3. The molecule has 0 aliphatic heterocycles. The minimum atomic E-state index is -0.219. The van der Waals surface area contributed by atoms with Crippen LogP contribution in [0.15, 0.2) is 54.7 Å². The maximum Gasteiger partial charge on any atom is 0.145 e. The molecule has 0 saturated carbocycles. The number of hydrogen-bond donors (Lipinski definition) is 1. The Morgan fingerprint density at radius 2 is 1.68 bits per heavy atom. The van der Waals surface area contributed by atoms with Gasteiger partial charge in [-0.1, -0.05) is 30.3 Å². The van der Waals surface area contributed by atoms with E-state index in [1.165, 1.54) is 6.07 Å². The number of aromatic nitrogens is 2. The average molecular weight is 253 g/mol. The van der Waals surface area contributed by atoms with Crippen molar-refractivity contribution in [1.82, 2.24) is 9.97 Å². The van der Waals surface area contributed by atoms with E-state index in [9.17, 15) is 4.39 Å². The van der Waals surface area contributed by atoms with E-state index in [1.807, 2.05) is 30.3 Å². The number of nitrogens with zero attached hydrogens (tertiary/aromatic N) is 2. The van der Waals surface area contributed by atoms with Crippen molar-refractivity contribution in [3.8, 4) is 0 Å². The fourth-order valence-corrected chi connectivity index (χ4v) is 1.87. The highest BCUT2D eigenvalue weighted by Gasteiger charge is 2.02. The van der Waals surface area contributed by atoms with Crippen molar-refractivity contribution in [1.29, 1.82) is 0 Å². The fourth-order valence-electron chi connectivity index (χ4n) is 1.87. The lowest BCUT2D eigenvalue weighted by Crippen LogP contribution is -2.03. The third-order valence-corrected chi connectivity index (χ3v) is 2.87. The van der Waals surface area contributed by atoms with E-state index in [-0.39, 0.29) is 5.82 Å². The first kappa shape index (κ1) is 11.6. The number of benzene rings is 2. The Morgan fingerprint density at radius 1 is 0.947 bits per heavy atom. The maximum atomic E-state index is 13.5. The molecule has 2 aromatic carbocycles. The molecule has 94 valence electrons. The summed E-state index contributed by atoms with van der Waals surface area (Å²) in [5.74, 6) is 0.422. The topological polar surface area (TPSA) is 37.8 Å². The Morgan fingerprint density at radius 3 is 2.53 bits per heavy atom. The summed E-state index contributed by atoms with van der Waals surface area (Å²) in [7, 11) is 0. The maximum absolute atomic E-state index is 13.5. The number of rotatable bonds is 3. The largest absolute Gasteiger partial charge is 0.365 e. The first-order chi connectivity index (χ1) is 9.33. The van der Waals surface area contributed by atoms with E-state index < -0.39 is 0 Å². The number of para-hydroxylation sites is 2. The van der Waals surface area contributed by atoms with Crippen LogP contribution in [0.4, 0.5) is 10.2 Å². The van der Waals surface area contributed by atoms with Crippen LogP contribution < -0.4 is 5.32 Å². The van der Waals surface area contributed by atoms with Gasteiger partial charge in [-0.3, -0.25) is 4.98 Å². The lowest BCUT2D eigenvalue weighted by molar-refractivity contribution is 0.613. The van der Waals surface area contributed by atoms with Gasteiger partial charge in [-0.05, 0) is 18.2 Å². The van der Waals surface area contributed by atoms with Crippen molar-refractivity contribution >= 4 is 16.9 Å². The van der Waals surface area contributed by atoms with Crippen LogP contribution in [0.5, 0.6) is 0 Å². The quantitative estimate of drug-likeness (QED) is 0.777. The molecule has 0 amide bonds. The normalized spacial score (nSPS) is 10.6. The number of nitrogens with one attached hydrogen (secondary N) is 1. The molecule has 3 aromatic rings. The van der Waals surface area contributed by atoms with Crippen LogP contribution in [0.1, 0.15) is 5.56 Å². The molecule has 0 unspecified atom stereocenters. The van der Waals surface area contributed by atoms with Crippen molar-refractivity contribution in [2.45, 2.75) is 6.54 Å². The van der Waals surface area contributed by atoms with E-state index >= 15 is 0 Å². The monoisotopic (exact) mass is 253 g/mol. The summed E-state index contributed by atoms with van der Waals surface area (Å²) in [5, 5.41) is 3.08. The number of hydrogen-bond acceptors (Lipinski definition) is 3. The Hall–Kier alpha value is -2.49. The van der Waals surface area contributed by atoms with Gasteiger partial charge in [0.05, 0.1) is 17.2 Å². The Labute approximate surface area is 110 Å². The molecule has 4 heteroatoms. The Kier molecular flexibility index (Phi) is 3.06. The molecule has 0 spiro atoms. The lowest BCUT2D eigenvalue weighted by Gasteiger charge is -2.07. The van der Waals surface area contributed by atoms with Gasteiger partial charge in [-0.25, -0.2) is 9.37 Å². The van der Waals surface area contributed by atoms with E-state index in [2.05, 4.69) is 15.3 Å². The molecule has 0 aliphatic rings. The molecule has 0 saturated heterocycles. The predicted octanol–water partition coefficient (Wildman–Crippen LogP) is 3.38. The van der Waals surface area contributed by atoms with Gasteiger partial charge in [0.15, 0.2) is 0 Å². The smallest absolute Gasteiger partial charge is 0.145 e. The van der Waals surface area contributed by atoms with E-state index in [0.29, 0.717) is 17.9 Å². The minimum Gasteiger partial charge on any atom is -0.365 e. The summed E-state index contributed by atoms with van der Waals surface area (Å²) in [4.78, 5) is 8.72. The van der Waals surface area contributed by atoms with E-state index in [0.717, 1.165) is 11.0 Å². The average Bonchev–Trinajstić information content (AvgIpc) is 2.46. The summed E-state index contributed by atoms with van der Waals surface area (Å²) in [6.45, 7) is 0.389. The van der Waals surface area contributed by atoms with Crippen molar-refractivity contribution in [3.05, 3.63) is 66.1 Å². The number of fused-ring (bicyclic) bond motifs is 1. The standard InChI is InChI=1S/C15H12FN3/c16-12-6-2-1-5-11(12)9-18-15-10-17-13-7-3-4-8-14(13)19-15/h1-8,10H,9H2,(H,18,19). The summed E-state index contributed by atoms with van der Waals surface area (Å²) in [5.41, 5.74) is 2.28. The molecular weight excluding hydrogens is 241 g/mol. The number of anilines is 1. The molecule has 0 atom stereocenters. The molecule has 3 nitrogen and oxygen atoms in total. The van der Waals surface area contributed by atoms with Crippen molar-refractivity contribution in [2.24, 2.45) is 0 Å². The molecule has 0 fully saturated rings. The van der Waals surface area contributed by atoms with Gasteiger partial charge < -0.3 is 5.32 Å². The number of halogens is 1. The van der Waals surface area contributed by atoms with E-state index in [4.69, 9.17) is 0 Å². The minimum absolute atomic E-state index is 0.219. The fraction of sp³-hybridized carbons (Fsp3) is 0.0667. The summed E-state index contributed by atoms with van der Waals surface area (Å²) in [6.07, 6.45) is 1.66. The molecule has 3 rings (SSSR count). The molecule has 1 aromatic heterocycles. The second kappa shape index (κ2) is 5.02. The Balaban J connectivity index is 1.80. The second-order valence-corrected chi connectivity index (χ2v) is 4.19. The third-order valence-electron chi connectivity index (χ3n) is 2.87. The third kappa shape index (κ3) is 2.52.